The molecule has 2 fully saturated rings. The van der Waals surface area contributed by atoms with Gasteiger partial charge in [-0.05, 0) is 19.3 Å². The zero-order valence-electron chi connectivity index (χ0n) is 10.7. The van der Waals surface area contributed by atoms with Crippen molar-refractivity contribution in [2.24, 2.45) is 5.73 Å². The van der Waals surface area contributed by atoms with Gasteiger partial charge in [-0.15, -0.1) is 0 Å². The van der Waals surface area contributed by atoms with Crippen LogP contribution in [0.2, 0.25) is 0 Å². The molecule has 0 aromatic heterocycles. The summed E-state index contributed by atoms with van der Waals surface area (Å²) in [7, 11) is 0. The summed E-state index contributed by atoms with van der Waals surface area (Å²) in [6.07, 6.45) is 6.88. The molecule has 1 heterocycles. The average Bonchev–Trinajstić information content (AvgIpc) is 2.83. The Hall–Kier alpha value is -0.120. The van der Waals surface area contributed by atoms with E-state index in [2.05, 4.69) is 16.7 Å². The second-order valence-electron chi connectivity index (χ2n) is 5.44. The third-order valence-corrected chi connectivity index (χ3v) is 4.27. The Kier molecular flexibility index (Phi) is 4.62. The first-order valence-corrected chi connectivity index (χ1v) is 7.01. The SMILES string of the molecule is CCC(N)CN1CCN(C2CCCC2)CC1. The van der Waals surface area contributed by atoms with Crippen LogP contribution in [0.25, 0.3) is 0 Å². The van der Waals surface area contributed by atoms with Crippen molar-refractivity contribution in [2.45, 2.75) is 51.1 Å². The van der Waals surface area contributed by atoms with Gasteiger partial charge in [-0.1, -0.05) is 19.8 Å². The van der Waals surface area contributed by atoms with E-state index in [0.29, 0.717) is 6.04 Å². The predicted octanol–water partition coefficient (Wildman–Crippen LogP) is 1.28. The van der Waals surface area contributed by atoms with Crippen molar-refractivity contribution in [1.29, 1.82) is 0 Å². The highest BCUT2D eigenvalue weighted by Gasteiger charge is 2.26. The standard InChI is InChI=1S/C13H27N3/c1-2-12(14)11-15-7-9-16(10-8-15)13-5-3-4-6-13/h12-13H,2-11,14H2,1H3. The molecule has 0 amide bonds. The summed E-state index contributed by atoms with van der Waals surface area (Å²) in [5.41, 5.74) is 6.01. The molecule has 16 heavy (non-hydrogen) atoms. The topological polar surface area (TPSA) is 32.5 Å². The summed E-state index contributed by atoms with van der Waals surface area (Å²) in [6.45, 7) is 8.26. The lowest BCUT2D eigenvalue weighted by Crippen LogP contribution is -2.52. The summed E-state index contributed by atoms with van der Waals surface area (Å²) >= 11 is 0. The van der Waals surface area contributed by atoms with Gasteiger partial charge in [-0.3, -0.25) is 9.80 Å². The number of piperazine rings is 1. The second-order valence-corrected chi connectivity index (χ2v) is 5.44. The zero-order valence-corrected chi connectivity index (χ0v) is 10.7. The normalized spacial score (nSPS) is 27.4. The minimum Gasteiger partial charge on any atom is -0.327 e. The van der Waals surface area contributed by atoms with Gasteiger partial charge in [0.15, 0.2) is 0 Å². The molecule has 0 radical (unpaired) electrons. The van der Waals surface area contributed by atoms with Crippen LogP contribution in [-0.4, -0.2) is 54.6 Å². The summed E-state index contributed by atoms with van der Waals surface area (Å²) in [5.74, 6) is 0. The molecule has 3 heteroatoms. The van der Waals surface area contributed by atoms with E-state index in [-0.39, 0.29) is 0 Å². The molecule has 2 aliphatic rings. The van der Waals surface area contributed by atoms with Crippen molar-refractivity contribution in [2.75, 3.05) is 32.7 Å². The molecule has 0 aromatic rings. The zero-order chi connectivity index (χ0) is 11.4. The summed E-state index contributed by atoms with van der Waals surface area (Å²) in [4.78, 5) is 5.25. The van der Waals surface area contributed by atoms with Crippen LogP contribution < -0.4 is 5.73 Å². The van der Waals surface area contributed by atoms with Crippen LogP contribution in [0.3, 0.4) is 0 Å². The van der Waals surface area contributed by atoms with Gasteiger partial charge in [0.2, 0.25) is 0 Å². The fourth-order valence-corrected chi connectivity index (χ4v) is 3.04. The Labute approximate surface area is 100.0 Å². The second kappa shape index (κ2) is 5.99. The van der Waals surface area contributed by atoms with Gasteiger partial charge >= 0.3 is 0 Å². The smallest absolute Gasteiger partial charge is 0.0165 e. The molecule has 1 aliphatic heterocycles. The quantitative estimate of drug-likeness (QED) is 0.782. The fourth-order valence-electron chi connectivity index (χ4n) is 3.04. The maximum atomic E-state index is 6.01. The van der Waals surface area contributed by atoms with Crippen LogP contribution in [0.1, 0.15) is 39.0 Å². The summed E-state index contributed by atoms with van der Waals surface area (Å²) in [6, 6.07) is 1.28. The van der Waals surface area contributed by atoms with Crippen molar-refractivity contribution in [3.63, 3.8) is 0 Å². The Morgan fingerprint density at radius 2 is 1.75 bits per heavy atom. The number of nitrogens with two attached hydrogens (primary N) is 1. The predicted molar refractivity (Wildman–Crippen MR) is 68.5 cm³/mol. The van der Waals surface area contributed by atoms with Crippen LogP contribution in [0.5, 0.6) is 0 Å². The minimum absolute atomic E-state index is 0.373. The average molecular weight is 225 g/mol. The molecule has 1 unspecified atom stereocenters. The highest BCUT2D eigenvalue weighted by molar-refractivity contribution is 4.82. The van der Waals surface area contributed by atoms with E-state index in [9.17, 15) is 0 Å². The molecule has 0 spiro atoms. The molecule has 0 aromatic carbocycles. The lowest BCUT2D eigenvalue weighted by atomic mass is 10.1. The molecule has 3 nitrogen and oxygen atoms in total. The van der Waals surface area contributed by atoms with Crippen molar-refractivity contribution < 1.29 is 0 Å². The Morgan fingerprint density at radius 1 is 1.12 bits per heavy atom. The largest absolute Gasteiger partial charge is 0.327 e. The number of hydrogen-bond acceptors (Lipinski definition) is 3. The molecule has 2 N–H and O–H groups in total. The summed E-state index contributed by atoms with van der Waals surface area (Å²) < 4.78 is 0. The highest BCUT2D eigenvalue weighted by Crippen LogP contribution is 2.24. The number of rotatable bonds is 4. The minimum atomic E-state index is 0.373. The molecular weight excluding hydrogens is 198 g/mol. The fraction of sp³-hybridized carbons (Fsp3) is 1.00. The van der Waals surface area contributed by atoms with Crippen molar-refractivity contribution in [1.82, 2.24) is 9.80 Å². The third-order valence-electron chi connectivity index (χ3n) is 4.27. The monoisotopic (exact) mass is 225 g/mol. The Morgan fingerprint density at radius 3 is 2.31 bits per heavy atom. The van der Waals surface area contributed by atoms with Gasteiger partial charge in [0.25, 0.3) is 0 Å². The van der Waals surface area contributed by atoms with Gasteiger partial charge in [0.1, 0.15) is 0 Å². The Bertz CT molecular complexity index is 193. The highest BCUT2D eigenvalue weighted by atomic mass is 15.3. The lowest BCUT2D eigenvalue weighted by Gasteiger charge is -2.38. The molecule has 1 saturated heterocycles. The van der Waals surface area contributed by atoms with Gasteiger partial charge in [-0.2, -0.15) is 0 Å². The van der Waals surface area contributed by atoms with Gasteiger partial charge < -0.3 is 5.73 Å². The van der Waals surface area contributed by atoms with E-state index < -0.39 is 0 Å². The number of hydrogen-bond donors (Lipinski definition) is 1. The number of nitrogens with zero attached hydrogens (tertiary/aromatic N) is 2. The van der Waals surface area contributed by atoms with Gasteiger partial charge in [0, 0.05) is 44.8 Å². The molecule has 1 saturated carbocycles. The molecule has 1 atom stereocenters. The van der Waals surface area contributed by atoms with Crippen molar-refractivity contribution in [3.8, 4) is 0 Å². The third kappa shape index (κ3) is 3.19. The van der Waals surface area contributed by atoms with Crippen molar-refractivity contribution >= 4 is 0 Å². The van der Waals surface area contributed by atoms with Crippen LogP contribution >= 0.6 is 0 Å². The molecule has 2 rings (SSSR count). The van der Waals surface area contributed by atoms with E-state index in [0.717, 1.165) is 19.0 Å². The van der Waals surface area contributed by atoms with Crippen LogP contribution in [0.15, 0.2) is 0 Å². The van der Waals surface area contributed by atoms with E-state index in [1.54, 1.807) is 0 Å². The summed E-state index contributed by atoms with van der Waals surface area (Å²) in [5, 5.41) is 0. The van der Waals surface area contributed by atoms with Gasteiger partial charge in [0.05, 0.1) is 0 Å². The first-order valence-electron chi connectivity index (χ1n) is 7.01. The van der Waals surface area contributed by atoms with E-state index in [4.69, 9.17) is 5.73 Å². The van der Waals surface area contributed by atoms with Crippen molar-refractivity contribution in [3.05, 3.63) is 0 Å². The van der Waals surface area contributed by atoms with E-state index in [1.807, 2.05) is 0 Å². The van der Waals surface area contributed by atoms with Crippen LogP contribution in [-0.2, 0) is 0 Å². The Balaban J connectivity index is 1.69. The maximum Gasteiger partial charge on any atom is 0.0165 e. The maximum absolute atomic E-state index is 6.01. The van der Waals surface area contributed by atoms with E-state index in [1.165, 1.54) is 51.9 Å². The lowest BCUT2D eigenvalue weighted by molar-refractivity contribution is 0.0939. The van der Waals surface area contributed by atoms with E-state index >= 15 is 0 Å². The van der Waals surface area contributed by atoms with Gasteiger partial charge in [-0.25, -0.2) is 0 Å². The molecule has 0 bridgehead atoms. The molecule has 94 valence electrons. The van der Waals surface area contributed by atoms with Crippen LogP contribution in [0.4, 0.5) is 0 Å². The molecule has 1 aliphatic carbocycles. The first-order chi connectivity index (χ1) is 7.79. The molecular formula is C13H27N3. The van der Waals surface area contributed by atoms with Crippen LogP contribution in [0, 0.1) is 0 Å². The first kappa shape index (κ1) is 12.3.